The van der Waals surface area contributed by atoms with E-state index in [2.05, 4.69) is 41.2 Å². The van der Waals surface area contributed by atoms with Crippen molar-refractivity contribution in [1.29, 1.82) is 0 Å². The van der Waals surface area contributed by atoms with E-state index in [4.69, 9.17) is 0 Å². The first-order valence-corrected chi connectivity index (χ1v) is 7.48. The van der Waals surface area contributed by atoms with Crippen molar-refractivity contribution in [2.24, 2.45) is 0 Å². The van der Waals surface area contributed by atoms with Gasteiger partial charge >= 0.3 is 6.03 Å². The van der Waals surface area contributed by atoms with Crippen molar-refractivity contribution in [3.63, 3.8) is 0 Å². The molecular formula is C18H19N3O2. The first-order chi connectivity index (χ1) is 10.9. The van der Waals surface area contributed by atoms with Crippen molar-refractivity contribution in [1.82, 2.24) is 15.2 Å². The van der Waals surface area contributed by atoms with Gasteiger partial charge in [-0.3, -0.25) is 10.1 Å². The van der Waals surface area contributed by atoms with E-state index in [-0.39, 0.29) is 5.70 Å². The van der Waals surface area contributed by atoms with E-state index < -0.39 is 11.9 Å². The van der Waals surface area contributed by atoms with Crippen molar-refractivity contribution in [2.45, 2.75) is 27.7 Å². The average molecular weight is 309 g/mol. The van der Waals surface area contributed by atoms with Gasteiger partial charge in [0.25, 0.3) is 5.91 Å². The molecule has 118 valence electrons. The van der Waals surface area contributed by atoms with Crippen LogP contribution in [0.4, 0.5) is 4.79 Å². The zero-order chi connectivity index (χ0) is 16.7. The number of aromatic nitrogens is 1. The molecule has 1 aromatic carbocycles. The third kappa shape index (κ3) is 2.54. The smallest absolute Gasteiger partial charge is 0.317 e. The Hall–Kier alpha value is -2.82. The molecule has 1 fully saturated rings. The molecule has 1 aliphatic rings. The number of hydrogen-bond acceptors (Lipinski definition) is 2. The standard InChI is InChI=1S/C18H19N3O2/c1-10-6-5-7-11(2)16(10)21-12(3)8-14(13(21)4)9-15-17(22)20-18(23)19-15/h5-9H,1-4H3,(H2,19,20,22,23). The molecular weight excluding hydrogens is 290 g/mol. The van der Waals surface area contributed by atoms with E-state index >= 15 is 0 Å². The van der Waals surface area contributed by atoms with E-state index in [9.17, 15) is 9.59 Å². The Bertz CT molecular complexity index is 839. The molecule has 1 aromatic heterocycles. The highest BCUT2D eigenvalue weighted by molar-refractivity contribution is 6.14. The van der Waals surface area contributed by atoms with Gasteiger partial charge < -0.3 is 9.88 Å². The van der Waals surface area contributed by atoms with Crippen molar-refractivity contribution < 1.29 is 9.59 Å². The molecule has 1 saturated heterocycles. The molecule has 5 nitrogen and oxygen atoms in total. The first kappa shape index (κ1) is 15.1. The van der Waals surface area contributed by atoms with Gasteiger partial charge in [-0.15, -0.1) is 0 Å². The Morgan fingerprint density at radius 3 is 2.22 bits per heavy atom. The number of carbonyl (C=O) groups is 2. The lowest BCUT2D eigenvalue weighted by Crippen LogP contribution is -2.22. The molecule has 0 aliphatic carbocycles. The molecule has 1 aliphatic heterocycles. The minimum absolute atomic E-state index is 0.275. The third-order valence-corrected chi connectivity index (χ3v) is 4.15. The van der Waals surface area contributed by atoms with E-state index in [1.807, 2.05) is 26.0 Å². The highest BCUT2D eigenvalue weighted by Crippen LogP contribution is 2.27. The second-order valence-corrected chi connectivity index (χ2v) is 5.87. The first-order valence-electron chi connectivity index (χ1n) is 7.48. The average Bonchev–Trinajstić information content (AvgIpc) is 2.92. The molecule has 0 saturated carbocycles. The summed E-state index contributed by atoms with van der Waals surface area (Å²) in [7, 11) is 0. The minimum atomic E-state index is -0.482. The van der Waals surface area contributed by atoms with E-state index in [0.717, 1.165) is 22.6 Å². The minimum Gasteiger partial charge on any atom is -0.317 e. The van der Waals surface area contributed by atoms with Gasteiger partial charge in [0, 0.05) is 11.4 Å². The molecule has 2 heterocycles. The predicted molar refractivity (Wildman–Crippen MR) is 89.4 cm³/mol. The Balaban J connectivity index is 2.13. The Morgan fingerprint density at radius 1 is 1.00 bits per heavy atom. The number of amides is 3. The van der Waals surface area contributed by atoms with Gasteiger partial charge in [0.15, 0.2) is 0 Å². The molecule has 5 heteroatoms. The van der Waals surface area contributed by atoms with Gasteiger partial charge in [-0.2, -0.15) is 0 Å². The van der Waals surface area contributed by atoms with Crippen LogP contribution in [0.15, 0.2) is 30.0 Å². The molecule has 2 N–H and O–H groups in total. The van der Waals surface area contributed by atoms with Crippen LogP contribution in [-0.2, 0) is 4.79 Å². The number of urea groups is 1. The number of rotatable bonds is 2. The molecule has 0 bridgehead atoms. The summed E-state index contributed by atoms with van der Waals surface area (Å²) in [5.41, 5.74) is 6.84. The van der Waals surface area contributed by atoms with Gasteiger partial charge in [-0.25, -0.2) is 4.79 Å². The summed E-state index contributed by atoms with van der Waals surface area (Å²) in [6.45, 7) is 8.22. The molecule has 0 radical (unpaired) electrons. The lowest BCUT2D eigenvalue weighted by atomic mass is 10.1. The maximum absolute atomic E-state index is 11.7. The summed E-state index contributed by atoms with van der Waals surface area (Å²) in [5, 5.41) is 4.74. The predicted octanol–water partition coefficient (Wildman–Crippen LogP) is 2.89. The summed E-state index contributed by atoms with van der Waals surface area (Å²) in [6.07, 6.45) is 1.71. The third-order valence-electron chi connectivity index (χ3n) is 4.15. The van der Waals surface area contributed by atoms with E-state index in [1.54, 1.807) is 6.08 Å². The molecule has 0 spiro atoms. The highest BCUT2D eigenvalue weighted by atomic mass is 16.2. The number of nitrogens with one attached hydrogen (secondary N) is 2. The van der Waals surface area contributed by atoms with Gasteiger partial charge in [0.05, 0.1) is 5.69 Å². The maximum atomic E-state index is 11.7. The van der Waals surface area contributed by atoms with Crippen LogP contribution in [0.5, 0.6) is 0 Å². The monoisotopic (exact) mass is 309 g/mol. The number of para-hydroxylation sites is 1. The number of benzene rings is 1. The SMILES string of the molecule is Cc1cccc(C)c1-n1c(C)cc(C=C2NC(=O)NC2=O)c1C. The van der Waals surface area contributed by atoms with Crippen molar-refractivity contribution in [3.05, 3.63) is 58.0 Å². The number of nitrogens with zero attached hydrogens (tertiary/aromatic N) is 1. The summed E-state index contributed by atoms with van der Waals surface area (Å²) in [6, 6.07) is 7.76. The topological polar surface area (TPSA) is 63.1 Å². The van der Waals surface area contributed by atoms with Gasteiger partial charge in [0.2, 0.25) is 0 Å². The second kappa shape index (κ2) is 5.43. The van der Waals surface area contributed by atoms with Crippen LogP contribution in [0.25, 0.3) is 11.8 Å². The molecule has 0 atom stereocenters. The van der Waals surface area contributed by atoms with E-state index in [1.165, 1.54) is 11.1 Å². The fraction of sp³-hybridized carbons (Fsp3) is 0.222. The van der Waals surface area contributed by atoms with Gasteiger partial charge in [0.1, 0.15) is 5.70 Å². The summed E-state index contributed by atoms with van der Waals surface area (Å²) >= 11 is 0. The number of hydrogen-bond donors (Lipinski definition) is 2. The zero-order valence-corrected chi connectivity index (χ0v) is 13.7. The molecule has 3 rings (SSSR count). The number of carbonyl (C=O) groups excluding carboxylic acids is 2. The number of aryl methyl sites for hydroxylation is 3. The lowest BCUT2D eigenvalue weighted by Gasteiger charge is -2.15. The van der Waals surface area contributed by atoms with E-state index in [0.29, 0.717) is 0 Å². The van der Waals surface area contributed by atoms with Crippen LogP contribution in [0, 0.1) is 27.7 Å². The normalized spacial score (nSPS) is 15.9. The fourth-order valence-electron chi connectivity index (χ4n) is 3.07. The van der Waals surface area contributed by atoms with Crippen molar-refractivity contribution in [3.8, 4) is 5.69 Å². The maximum Gasteiger partial charge on any atom is 0.326 e. The highest BCUT2D eigenvalue weighted by Gasteiger charge is 2.23. The zero-order valence-electron chi connectivity index (χ0n) is 13.7. The van der Waals surface area contributed by atoms with Crippen molar-refractivity contribution in [2.75, 3.05) is 0 Å². The largest absolute Gasteiger partial charge is 0.326 e. The Kier molecular flexibility index (Phi) is 3.56. The van der Waals surface area contributed by atoms with Crippen LogP contribution in [0.1, 0.15) is 28.1 Å². The Morgan fingerprint density at radius 2 is 1.65 bits per heavy atom. The molecule has 3 amide bonds. The fourth-order valence-corrected chi connectivity index (χ4v) is 3.07. The summed E-state index contributed by atoms with van der Waals surface area (Å²) in [4.78, 5) is 22.9. The molecule has 2 aromatic rings. The van der Waals surface area contributed by atoms with Crippen LogP contribution in [0.2, 0.25) is 0 Å². The van der Waals surface area contributed by atoms with Crippen LogP contribution in [0.3, 0.4) is 0 Å². The number of imide groups is 1. The van der Waals surface area contributed by atoms with Crippen LogP contribution < -0.4 is 10.6 Å². The van der Waals surface area contributed by atoms with Crippen LogP contribution in [-0.4, -0.2) is 16.5 Å². The quantitative estimate of drug-likeness (QED) is 0.662. The van der Waals surface area contributed by atoms with Gasteiger partial charge in [-0.1, -0.05) is 18.2 Å². The second-order valence-electron chi connectivity index (χ2n) is 5.87. The van der Waals surface area contributed by atoms with Crippen LogP contribution >= 0.6 is 0 Å². The Labute approximate surface area is 135 Å². The molecule has 23 heavy (non-hydrogen) atoms. The van der Waals surface area contributed by atoms with Crippen molar-refractivity contribution >= 4 is 18.0 Å². The molecule has 0 unspecified atom stereocenters. The summed E-state index contributed by atoms with van der Waals surface area (Å²) < 4.78 is 2.19. The lowest BCUT2D eigenvalue weighted by molar-refractivity contribution is -0.115. The van der Waals surface area contributed by atoms with Gasteiger partial charge in [-0.05, 0) is 56.5 Å². The summed E-state index contributed by atoms with van der Waals surface area (Å²) in [5.74, 6) is -0.396.